The van der Waals surface area contributed by atoms with Crippen molar-refractivity contribution in [2.24, 2.45) is 11.7 Å². The van der Waals surface area contributed by atoms with Crippen molar-refractivity contribution in [3.05, 3.63) is 29.8 Å². The molecule has 100 valence electrons. The predicted octanol–water partition coefficient (Wildman–Crippen LogP) is 3.72. The van der Waals surface area contributed by atoms with E-state index < -0.39 is 0 Å². The second-order valence-electron chi connectivity index (χ2n) is 5.63. The summed E-state index contributed by atoms with van der Waals surface area (Å²) < 4.78 is 0. The number of nitrogens with zero attached hydrogens (tertiary/aromatic N) is 1. The number of hydrogen-bond donors (Lipinski definition) is 1. The molecule has 2 heteroatoms. The first-order chi connectivity index (χ1) is 8.65. The smallest absolute Gasteiger partial charge is 0.0417 e. The summed E-state index contributed by atoms with van der Waals surface area (Å²) in [4.78, 5) is 2.55. The van der Waals surface area contributed by atoms with Crippen molar-refractivity contribution in [1.82, 2.24) is 0 Å². The van der Waals surface area contributed by atoms with Gasteiger partial charge in [-0.3, -0.25) is 0 Å². The van der Waals surface area contributed by atoms with Gasteiger partial charge in [0, 0.05) is 24.3 Å². The monoisotopic (exact) mass is 246 g/mol. The summed E-state index contributed by atoms with van der Waals surface area (Å²) >= 11 is 0. The highest BCUT2D eigenvalue weighted by molar-refractivity contribution is 5.56. The second-order valence-corrected chi connectivity index (χ2v) is 5.63. The number of rotatable bonds is 3. The molecule has 1 aliphatic rings. The third-order valence-electron chi connectivity index (χ3n) is 4.46. The highest BCUT2D eigenvalue weighted by Gasteiger charge is 2.26. The van der Waals surface area contributed by atoms with Gasteiger partial charge in [-0.05, 0) is 43.7 Å². The zero-order chi connectivity index (χ0) is 13.1. The largest absolute Gasteiger partial charge is 0.368 e. The third kappa shape index (κ3) is 2.54. The third-order valence-corrected chi connectivity index (χ3v) is 4.46. The topological polar surface area (TPSA) is 29.3 Å². The molecule has 0 spiro atoms. The molecule has 18 heavy (non-hydrogen) atoms. The van der Waals surface area contributed by atoms with E-state index in [0.29, 0.717) is 6.04 Å². The van der Waals surface area contributed by atoms with Gasteiger partial charge in [0.2, 0.25) is 0 Å². The number of para-hydroxylation sites is 1. The fourth-order valence-electron chi connectivity index (χ4n) is 2.96. The molecule has 1 aliphatic heterocycles. The summed E-state index contributed by atoms with van der Waals surface area (Å²) in [6, 6.07) is 9.43. The zero-order valence-electron chi connectivity index (χ0n) is 11.9. The highest BCUT2D eigenvalue weighted by Crippen LogP contribution is 2.33. The van der Waals surface area contributed by atoms with Crippen LogP contribution < -0.4 is 10.6 Å². The standard InChI is InChI=1S/C16H26N2/c1-4-15(17)14-9-5-6-10-16(14)18-11-7-8-12(2)13(18)3/h5-6,9-10,12-13,15H,4,7-8,11,17H2,1-3H3/t12?,13?,15-/m0/s1. The van der Waals surface area contributed by atoms with E-state index in [1.165, 1.54) is 30.6 Å². The molecule has 0 aromatic heterocycles. The minimum absolute atomic E-state index is 0.158. The molecule has 1 fully saturated rings. The molecule has 2 unspecified atom stereocenters. The Balaban J connectivity index is 2.32. The summed E-state index contributed by atoms with van der Waals surface area (Å²) in [6.07, 6.45) is 3.63. The maximum atomic E-state index is 6.26. The van der Waals surface area contributed by atoms with Crippen LogP contribution in [0.2, 0.25) is 0 Å². The van der Waals surface area contributed by atoms with Gasteiger partial charge < -0.3 is 10.6 Å². The molecular formula is C16H26N2. The van der Waals surface area contributed by atoms with Crippen LogP contribution in [-0.4, -0.2) is 12.6 Å². The Hall–Kier alpha value is -1.02. The lowest BCUT2D eigenvalue weighted by Gasteiger charge is -2.41. The number of benzene rings is 1. The SMILES string of the molecule is CC[C@H](N)c1ccccc1N1CCCC(C)C1C. The number of anilines is 1. The van der Waals surface area contributed by atoms with Gasteiger partial charge in [0.25, 0.3) is 0 Å². The first kappa shape index (κ1) is 13.4. The minimum atomic E-state index is 0.158. The van der Waals surface area contributed by atoms with Crippen molar-refractivity contribution in [2.45, 2.75) is 52.1 Å². The van der Waals surface area contributed by atoms with Crippen LogP contribution in [-0.2, 0) is 0 Å². The van der Waals surface area contributed by atoms with Crippen molar-refractivity contribution < 1.29 is 0 Å². The molecule has 2 rings (SSSR count). The Bertz CT molecular complexity index is 388. The Morgan fingerprint density at radius 2 is 2.06 bits per heavy atom. The van der Waals surface area contributed by atoms with Crippen LogP contribution in [0.4, 0.5) is 5.69 Å². The van der Waals surface area contributed by atoms with Gasteiger partial charge in [-0.2, -0.15) is 0 Å². The van der Waals surface area contributed by atoms with E-state index in [1.807, 2.05) is 0 Å². The zero-order valence-corrected chi connectivity index (χ0v) is 11.9. The van der Waals surface area contributed by atoms with Gasteiger partial charge in [-0.1, -0.05) is 32.0 Å². The van der Waals surface area contributed by atoms with Crippen LogP contribution in [0.25, 0.3) is 0 Å². The lowest BCUT2D eigenvalue weighted by atomic mass is 9.90. The van der Waals surface area contributed by atoms with Crippen LogP contribution in [0.1, 0.15) is 51.6 Å². The molecule has 2 N–H and O–H groups in total. The molecule has 0 aliphatic carbocycles. The highest BCUT2D eigenvalue weighted by atomic mass is 15.2. The Kier molecular flexibility index (Phi) is 4.28. The molecule has 0 radical (unpaired) electrons. The number of piperidine rings is 1. The van der Waals surface area contributed by atoms with E-state index in [0.717, 1.165) is 12.3 Å². The second kappa shape index (κ2) is 5.75. The van der Waals surface area contributed by atoms with E-state index in [1.54, 1.807) is 0 Å². The normalized spacial score (nSPS) is 26.1. The van der Waals surface area contributed by atoms with Gasteiger partial charge in [0.05, 0.1) is 0 Å². The molecule has 1 aromatic rings. The minimum Gasteiger partial charge on any atom is -0.368 e. The van der Waals surface area contributed by atoms with Crippen molar-refractivity contribution in [1.29, 1.82) is 0 Å². The fourth-order valence-corrected chi connectivity index (χ4v) is 2.96. The molecule has 0 saturated carbocycles. The van der Waals surface area contributed by atoms with Gasteiger partial charge in [0.15, 0.2) is 0 Å². The van der Waals surface area contributed by atoms with Gasteiger partial charge in [-0.15, -0.1) is 0 Å². The van der Waals surface area contributed by atoms with Crippen molar-refractivity contribution >= 4 is 5.69 Å². The molecule has 1 aromatic carbocycles. The van der Waals surface area contributed by atoms with Crippen LogP contribution in [0.5, 0.6) is 0 Å². The van der Waals surface area contributed by atoms with E-state index in [4.69, 9.17) is 5.73 Å². The first-order valence-corrected chi connectivity index (χ1v) is 7.26. The van der Waals surface area contributed by atoms with Gasteiger partial charge in [-0.25, -0.2) is 0 Å². The predicted molar refractivity (Wildman–Crippen MR) is 78.9 cm³/mol. The molecule has 0 bridgehead atoms. The lowest BCUT2D eigenvalue weighted by molar-refractivity contribution is 0.362. The summed E-state index contributed by atoms with van der Waals surface area (Å²) in [5.74, 6) is 0.768. The van der Waals surface area contributed by atoms with Crippen LogP contribution >= 0.6 is 0 Å². The van der Waals surface area contributed by atoms with Crippen molar-refractivity contribution in [3.63, 3.8) is 0 Å². The fraction of sp³-hybridized carbons (Fsp3) is 0.625. The lowest BCUT2D eigenvalue weighted by Crippen LogP contribution is -2.43. The molecule has 1 heterocycles. The van der Waals surface area contributed by atoms with Crippen molar-refractivity contribution in [2.75, 3.05) is 11.4 Å². The summed E-state index contributed by atoms with van der Waals surface area (Å²) in [6.45, 7) is 8.03. The maximum absolute atomic E-state index is 6.26. The quantitative estimate of drug-likeness (QED) is 0.880. The van der Waals surface area contributed by atoms with E-state index in [2.05, 4.69) is 49.9 Å². The first-order valence-electron chi connectivity index (χ1n) is 7.26. The molecule has 2 nitrogen and oxygen atoms in total. The Labute approximate surface area is 111 Å². The molecule has 3 atom stereocenters. The summed E-state index contributed by atoms with van der Waals surface area (Å²) in [5.41, 5.74) is 8.91. The van der Waals surface area contributed by atoms with Crippen LogP contribution in [0, 0.1) is 5.92 Å². The Morgan fingerprint density at radius 3 is 2.78 bits per heavy atom. The average molecular weight is 246 g/mol. The van der Waals surface area contributed by atoms with Crippen molar-refractivity contribution in [3.8, 4) is 0 Å². The van der Waals surface area contributed by atoms with Gasteiger partial charge in [0.1, 0.15) is 0 Å². The maximum Gasteiger partial charge on any atom is 0.0417 e. The molecule has 1 saturated heterocycles. The Morgan fingerprint density at radius 1 is 1.33 bits per heavy atom. The molecular weight excluding hydrogens is 220 g/mol. The van der Waals surface area contributed by atoms with E-state index in [9.17, 15) is 0 Å². The average Bonchev–Trinajstić information content (AvgIpc) is 2.41. The molecule has 0 amide bonds. The van der Waals surface area contributed by atoms with Crippen LogP contribution in [0.3, 0.4) is 0 Å². The summed E-state index contributed by atoms with van der Waals surface area (Å²) in [7, 11) is 0. The van der Waals surface area contributed by atoms with Gasteiger partial charge >= 0.3 is 0 Å². The number of nitrogens with two attached hydrogens (primary N) is 1. The number of hydrogen-bond acceptors (Lipinski definition) is 2. The van der Waals surface area contributed by atoms with E-state index in [-0.39, 0.29) is 6.04 Å². The summed E-state index contributed by atoms with van der Waals surface area (Å²) in [5, 5.41) is 0. The van der Waals surface area contributed by atoms with E-state index >= 15 is 0 Å². The van der Waals surface area contributed by atoms with Crippen LogP contribution in [0.15, 0.2) is 24.3 Å².